The molecule has 0 aromatic heterocycles. The van der Waals surface area contributed by atoms with Gasteiger partial charge in [0.25, 0.3) is 0 Å². The Bertz CT molecular complexity index is 32.0. The van der Waals surface area contributed by atoms with Crippen LogP contribution >= 0.6 is 0 Å². The van der Waals surface area contributed by atoms with E-state index in [9.17, 15) is 8.63 Å². The molecule has 0 fully saturated rings. The fourth-order valence-electron chi connectivity index (χ4n) is 0. The Balaban J connectivity index is -0.0000000720. The Morgan fingerprint density at radius 1 is 1.11 bits per heavy atom. The molecule has 0 radical (unpaired) electrons. The van der Waals surface area contributed by atoms with Crippen molar-refractivity contribution < 1.29 is 47.6 Å². The molecule has 0 rings (SSSR count). The van der Waals surface area contributed by atoms with Gasteiger partial charge in [-0.1, -0.05) is 0 Å². The molecule has 0 aliphatic carbocycles. The smallest absolute Gasteiger partial charge is 0.832 e. The van der Waals surface area contributed by atoms with Crippen LogP contribution in [0.15, 0.2) is 0 Å². The van der Waals surface area contributed by atoms with Crippen LogP contribution in [0.1, 0.15) is 0 Å². The van der Waals surface area contributed by atoms with Crippen LogP contribution in [0.5, 0.6) is 0 Å². The molecule has 0 unspecified atom stereocenters. The van der Waals surface area contributed by atoms with Crippen LogP contribution in [0.2, 0.25) is 0 Å². The van der Waals surface area contributed by atoms with E-state index in [1.807, 2.05) is 0 Å². The summed E-state index contributed by atoms with van der Waals surface area (Å²) in [5.74, 6) is 0. The SMILES string of the molecule is OB(F)F.[Li+].[O-]B(O)O. The Morgan fingerprint density at radius 2 is 1.11 bits per heavy atom. The van der Waals surface area contributed by atoms with E-state index in [-0.39, 0.29) is 18.9 Å². The zero-order valence-electron chi connectivity index (χ0n) is 4.66. The predicted octanol–water partition coefficient (Wildman–Crippen LogP) is -5.78. The van der Waals surface area contributed by atoms with Crippen molar-refractivity contribution in [2.45, 2.75) is 0 Å². The summed E-state index contributed by atoms with van der Waals surface area (Å²) in [6, 6.07) is 0. The Hall–Kier alpha value is 0.427. The van der Waals surface area contributed by atoms with Gasteiger partial charge in [-0.25, -0.2) is 0 Å². The van der Waals surface area contributed by atoms with E-state index in [4.69, 9.17) is 20.1 Å². The molecular weight excluding hydrogens is 131 g/mol. The first-order valence-corrected chi connectivity index (χ1v) is 1.45. The molecule has 9 heavy (non-hydrogen) atoms. The summed E-state index contributed by atoms with van der Waals surface area (Å²) in [6.45, 7) is 0. The first-order chi connectivity index (χ1) is 3.46. The van der Waals surface area contributed by atoms with Crippen LogP contribution in [-0.2, 0) is 0 Å². The van der Waals surface area contributed by atoms with Crippen molar-refractivity contribution in [3.05, 3.63) is 0 Å². The van der Waals surface area contributed by atoms with Crippen LogP contribution in [0.3, 0.4) is 0 Å². The number of hydrogen-bond acceptors (Lipinski definition) is 4. The third kappa shape index (κ3) is 1910. The molecule has 0 aromatic rings. The van der Waals surface area contributed by atoms with E-state index in [1.54, 1.807) is 0 Å². The van der Waals surface area contributed by atoms with Crippen molar-refractivity contribution in [1.29, 1.82) is 0 Å². The molecule has 3 N–H and O–H groups in total. The van der Waals surface area contributed by atoms with E-state index in [2.05, 4.69) is 0 Å². The summed E-state index contributed by atoms with van der Waals surface area (Å²) in [5.41, 5.74) is 0. The van der Waals surface area contributed by atoms with Crippen molar-refractivity contribution in [2.24, 2.45) is 0 Å². The van der Waals surface area contributed by atoms with Gasteiger partial charge in [0.05, 0.1) is 0 Å². The minimum absolute atomic E-state index is 0. The second-order valence-corrected chi connectivity index (χ2v) is 0.604. The maximum absolute atomic E-state index is 9.89. The minimum Gasteiger partial charge on any atom is -0.832 e. The van der Waals surface area contributed by atoms with E-state index >= 15 is 0 Å². The van der Waals surface area contributed by atoms with Crippen molar-refractivity contribution in [1.82, 2.24) is 0 Å². The Kier molecular flexibility index (Phi) is 20.3. The van der Waals surface area contributed by atoms with Gasteiger partial charge in [0, 0.05) is 0 Å². The zero-order chi connectivity index (χ0) is 7.15. The molecule has 0 saturated carbocycles. The van der Waals surface area contributed by atoms with E-state index < -0.39 is 14.8 Å². The third-order valence-electron chi connectivity index (χ3n) is 0. The molecule has 48 valence electrons. The second kappa shape index (κ2) is 11.3. The average molecular weight is 134 g/mol. The van der Waals surface area contributed by atoms with Crippen LogP contribution in [-0.4, -0.2) is 29.9 Å². The second-order valence-electron chi connectivity index (χ2n) is 0.604. The van der Waals surface area contributed by atoms with Crippen LogP contribution in [0, 0.1) is 0 Å². The summed E-state index contributed by atoms with van der Waals surface area (Å²) in [6.07, 6.45) is 0. The molecule has 9 heteroatoms. The maximum atomic E-state index is 9.89. The molecule has 0 heterocycles. The fourth-order valence-corrected chi connectivity index (χ4v) is 0. The predicted molar refractivity (Wildman–Crippen MR) is 20.4 cm³/mol. The number of rotatable bonds is 0. The molecule has 0 amide bonds. The van der Waals surface area contributed by atoms with Gasteiger partial charge in [0.2, 0.25) is 0 Å². The zero-order valence-corrected chi connectivity index (χ0v) is 4.66. The molecule has 0 aromatic carbocycles. The van der Waals surface area contributed by atoms with Crippen LogP contribution in [0.4, 0.5) is 8.63 Å². The van der Waals surface area contributed by atoms with Crippen LogP contribution < -0.4 is 23.9 Å². The van der Waals surface area contributed by atoms with E-state index in [0.717, 1.165) is 0 Å². The van der Waals surface area contributed by atoms with Crippen LogP contribution in [0.25, 0.3) is 0 Å². The van der Waals surface area contributed by atoms with Crippen molar-refractivity contribution >= 4 is 14.8 Å². The number of hydrogen-bond donors (Lipinski definition) is 3. The summed E-state index contributed by atoms with van der Waals surface area (Å²) < 4.78 is 19.8. The standard InChI is InChI=1S/BF2HO.BH2O3.Li/c2*2-1(3)4;/h4H;2-3H;/q;-1;+1. The molecule has 0 spiro atoms. The van der Waals surface area contributed by atoms with Gasteiger partial charge in [-0.3, -0.25) is 8.63 Å². The topological polar surface area (TPSA) is 83.8 Å². The van der Waals surface area contributed by atoms with E-state index in [1.165, 1.54) is 0 Å². The third-order valence-corrected chi connectivity index (χ3v) is 0. The minimum atomic E-state index is -3.17. The first kappa shape index (κ1) is 16.2. The molecule has 0 aliphatic heterocycles. The maximum Gasteiger partial charge on any atom is 1.00 e. The summed E-state index contributed by atoms with van der Waals surface area (Å²) >= 11 is 0. The normalized spacial score (nSPS) is 6.00. The monoisotopic (exact) mass is 134 g/mol. The first-order valence-electron chi connectivity index (χ1n) is 1.45. The van der Waals surface area contributed by atoms with E-state index in [0.29, 0.717) is 0 Å². The van der Waals surface area contributed by atoms with Gasteiger partial charge in [-0.05, 0) is 0 Å². The Labute approximate surface area is 63.1 Å². The molecule has 0 saturated heterocycles. The van der Waals surface area contributed by atoms with Crippen molar-refractivity contribution in [3.63, 3.8) is 0 Å². The van der Waals surface area contributed by atoms with Crippen molar-refractivity contribution in [2.75, 3.05) is 0 Å². The van der Waals surface area contributed by atoms with Gasteiger partial charge in [0.15, 0.2) is 0 Å². The molecule has 0 atom stereocenters. The quantitative estimate of drug-likeness (QED) is 0.288. The summed E-state index contributed by atoms with van der Waals surface area (Å²) in [5, 5.41) is 29.5. The van der Waals surface area contributed by atoms with Crippen molar-refractivity contribution in [3.8, 4) is 0 Å². The van der Waals surface area contributed by atoms with Gasteiger partial charge in [-0.2, -0.15) is 0 Å². The Morgan fingerprint density at radius 3 is 1.11 bits per heavy atom. The summed E-state index contributed by atoms with van der Waals surface area (Å²) in [7, 11) is -5.58. The molecule has 0 aliphatic rings. The van der Waals surface area contributed by atoms with Gasteiger partial charge >= 0.3 is 33.7 Å². The molecule has 4 nitrogen and oxygen atoms in total. The fraction of sp³-hybridized carbons (Fsp3) is 0. The number of halogens is 2. The summed E-state index contributed by atoms with van der Waals surface area (Å²) in [4.78, 5) is 0. The average Bonchev–Trinajstić information content (AvgIpc) is 1.25. The molecular formula is H3B2F2LiO4. The molecule has 0 bridgehead atoms. The largest absolute Gasteiger partial charge is 1.00 e. The van der Waals surface area contributed by atoms with Gasteiger partial charge in [-0.15, -0.1) is 0 Å². The van der Waals surface area contributed by atoms with Gasteiger partial charge < -0.3 is 20.1 Å². The van der Waals surface area contributed by atoms with Gasteiger partial charge in [0.1, 0.15) is 0 Å².